The fourth-order valence-electron chi connectivity index (χ4n) is 0.631. The molecule has 0 spiro atoms. The second-order valence-electron chi connectivity index (χ2n) is 2.32. The first kappa shape index (κ1) is 24.1. The summed E-state index contributed by atoms with van der Waals surface area (Å²) in [7, 11) is 0. The fourth-order valence-corrected chi connectivity index (χ4v) is 2.07. The van der Waals surface area contributed by atoms with E-state index in [1.54, 1.807) is 34.0 Å². The lowest BCUT2D eigenvalue weighted by molar-refractivity contribution is -0.416. The second kappa shape index (κ2) is 18.1. The van der Waals surface area contributed by atoms with Gasteiger partial charge in [0.2, 0.25) is 11.0 Å². The lowest BCUT2D eigenvalue weighted by atomic mass is 11.0. The molecule has 108 valence electrons. The van der Waals surface area contributed by atoms with E-state index < -0.39 is 0 Å². The van der Waals surface area contributed by atoms with Crippen molar-refractivity contribution in [3.8, 4) is 0 Å². The molecule has 0 bridgehead atoms. The van der Waals surface area contributed by atoms with Gasteiger partial charge in [-0.25, -0.2) is 9.97 Å². The van der Waals surface area contributed by atoms with Crippen LogP contribution in [0.1, 0.15) is 0 Å². The topological polar surface area (TPSA) is 42.4 Å². The third kappa shape index (κ3) is 16.1. The Hall–Kier alpha value is 0.110. The summed E-state index contributed by atoms with van der Waals surface area (Å²) in [5.74, 6) is 0. The first-order valence-corrected chi connectivity index (χ1v) is 7.51. The zero-order chi connectivity index (χ0) is 11.5. The predicted octanol–water partition coefficient (Wildman–Crippen LogP) is -7.01. The van der Waals surface area contributed by atoms with Crippen molar-refractivity contribution in [1.82, 2.24) is 0 Å². The summed E-state index contributed by atoms with van der Waals surface area (Å²) in [6.07, 6.45) is 5.64. The minimum atomic E-state index is 0. The number of aromatic nitrogens is 3. The highest BCUT2D eigenvalue weighted by atomic mass is 35.5. The number of H-pyrrole nitrogens is 3. The molecule has 0 saturated heterocycles. The van der Waals surface area contributed by atoms with Crippen molar-refractivity contribution < 1.29 is 52.2 Å². The summed E-state index contributed by atoms with van der Waals surface area (Å²) in [5, 5.41) is 5.92. The van der Waals surface area contributed by atoms with E-state index in [0.29, 0.717) is 0 Å². The number of halogens is 3. The lowest BCUT2D eigenvalue weighted by Crippen LogP contribution is -3.00. The summed E-state index contributed by atoms with van der Waals surface area (Å²) in [6.45, 7) is 0. The van der Waals surface area contributed by atoms with E-state index in [4.69, 9.17) is 0 Å². The Labute approximate surface area is 148 Å². The van der Waals surface area contributed by atoms with Gasteiger partial charge in [0, 0.05) is 0 Å². The van der Waals surface area contributed by atoms with E-state index >= 15 is 0 Å². The fraction of sp³-hybridized carbons (Fsp3) is 0. The highest BCUT2D eigenvalue weighted by Gasteiger charge is 1.86. The lowest BCUT2D eigenvalue weighted by Gasteiger charge is -1.55. The molecule has 3 N–H and O–H groups in total. The van der Waals surface area contributed by atoms with Gasteiger partial charge >= 0.3 is 0 Å². The van der Waals surface area contributed by atoms with Crippen molar-refractivity contribution in [2.45, 2.75) is 4.34 Å². The van der Waals surface area contributed by atoms with Crippen LogP contribution in [0.25, 0.3) is 0 Å². The molecular weight excluding hydrogens is 385 g/mol. The van der Waals surface area contributed by atoms with Gasteiger partial charge in [-0.2, -0.15) is 4.98 Å². The molecule has 0 aliphatic rings. The minimum Gasteiger partial charge on any atom is -1.00 e. The molecule has 0 aliphatic carbocycles. The standard InChI is InChI=1S/C3H3NS2.2C3H3NS.3ClH/c5-3-4-1-2-6-3;2*1-2-5-3-4-1;;;/h1-2H,(H,4,5);2*1-3H;3*1H. The number of rotatable bonds is 0. The molecule has 0 aromatic carbocycles. The highest BCUT2D eigenvalue weighted by Crippen LogP contribution is 2.01. The van der Waals surface area contributed by atoms with Crippen LogP contribution in [0, 0.1) is 0 Å². The van der Waals surface area contributed by atoms with Crippen LogP contribution in [0.4, 0.5) is 0 Å². The van der Waals surface area contributed by atoms with E-state index in [2.05, 4.69) is 27.6 Å². The van der Waals surface area contributed by atoms with E-state index in [1.807, 2.05) is 45.8 Å². The Morgan fingerprint density at radius 1 is 0.789 bits per heavy atom. The quantitative estimate of drug-likeness (QED) is 0.367. The summed E-state index contributed by atoms with van der Waals surface area (Å²) in [6, 6.07) is 0. The first-order valence-electron chi connectivity index (χ1n) is 4.30. The van der Waals surface area contributed by atoms with Crippen molar-refractivity contribution >= 4 is 46.6 Å². The molecule has 3 aromatic heterocycles. The van der Waals surface area contributed by atoms with Gasteiger partial charge in [-0.15, -0.1) is 0 Å². The Morgan fingerprint density at radius 3 is 1.42 bits per heavy atom. The second-order valence-corrected chi connectivity index (χ2v) is 5.54. The van der Waals surface area contributed by atoms with Gasteiger partial charge in [0.15, 0.2) is 18.6 Å². The van der Waals surface area contributed by atoms with Crippen LogP contribution in [0.15, 0.2) is 50.1 Å². The summed E-state index contributed by atoms with van der Waals surface area (Å²) in [4.78, 5) is 8.64. The molecule has 0 aliphatic heterocycles. The summed E-state index contributed by atoms with van der Waals surface area (Å²) < 4.78 is 0.954. The maximum Gasteiger partial charge on any atom is 0.292 e. The minimum absolute atomic E-state index is 0. The number of hydrogen-bond acceptors (Lipinski definition) is 4. The predicted molar refractivity (Wildman–Crippen MR) is 69.9 cm³/mol. The van der Waals surface area contributed by atoms with Crippen molar-refractivity contribution in [3.05, 3.63) is 45.8 Å². The molecule has 3 heterocycles. The molecule has 0 radical (unpaired) electrons. The molecule has 0 saturated carbocycles. The molecule has 0 fully saturated rings. The van der Waals surface area contributed by atoms with Gasteiger partial charge < -0.3 is 37.2 Å². The first-order chi connectivity index (χ1) is 7.89. The average molecular weight is 397 g/mol. The maximum atomic E-state index is 4.00. The SMILES string of the molecule is Sc1[nH+]ccs1.[Cl-].[Cl-].[Cl-].c1csc[nH+]1.c1csc[nH+]1. The van der Waals surface area contributed by atoms with Crippen LogP contribution < -0.4 is 52.2 Å². The van der Waals surface area contributed by atoms with Gasteiger partial charge in [0.25, 0.3) is 4.34 Å². The summed E-state index contributed by atoms with van der Waals surface area (Å²) >= 11 is 8.90. The van der Waals surface area contributed by atoms with Gasteiger partial charge in [-0.1, -0.05) is 46.6 Å². The number of thiol groups is 1. The van der Waals surface area contributed by atoms with Gasteiger partial charge in [0.1, 0.15) is 0 Å². The number of nitrogens with one attached hydrogen (secondary N) is 3. The molecule has 3 nitrogen and oxygen atoms in total. The largest absolute Gasteiger partial charge is 1.00 e. The third-order valence-corrected chi connectivity index (χ3v) is 3.40. The van der Waals surface area contributed by atoms with Crippen LogP contribution in [-0.2, 0) is 0 Å². The van der Waals surface area contributed by atoms with Gasteiger partial charge in [0.05, 0.1) is 16.1 Å². The van der Waals surface area contributed by atoms with E-state index in [-0.39, 0.29) is 37.2 Å². The summed E-state index contributed by atoms with van der Waals surface area (Å²) in [5.41, 5.74) is 3.83. The van der Waals surface area contributed by atoms with Crippen molar-refractivity contribution in [2.24, 2.45) is 0 Å². The highest BCUT2D eigenvalue weighted by molar-refractivity contribution is 7.82. The molecule has 3 aromatic rings. The third-order valence-electron chi connectivity index (χ3n) is 1.21. The molecular formula is C9H12Cl3N3S4. The van der Waals surface area contributed by atoms with Crippen LogP contribution in [0.2, 0.25) is 0 Å². The van der Waals surface area contributed by atoms with E-state index in [1.165, 1.54) is 0 Å². The van der Waals surface area contributed by atoms with Crippen molar-refractivity contribution in [3.63, 3.8) is 0 Å². The van der Waals surface area contributed by atoms with Crippen LogP contribution in [-0.4, -0.2) is 0 Å². The Balaban J connectivity index is -0.000000188. The maximum absolute atomic E-state index is 4.00. The Morgan fingerprint density at radius 2 is 1.32 bits per heavy atom. The van der Waals surface area contributed by atoms with Crippen molar-refractivity contribution in [1.29, 1.82) is 0 Å². The number of aromatic amines is 3. The molecule has 3 rings (SSSR count). The molecule has 19 heavy (non-hydrogen) atoms. The van der Waals surface area contributed by atoms with Crippen LogP contribution in [0.5, 0.6) is 0 Å². The van der Waals surface area contributed by atoms with Gasteiger partial charge in [-0.3, -0.25) is 0 Å². The zero-order valence-electron chi connectivity index (χ0n) is 9.42. The zero-order valence-corrected chi connectivity index (χ0v) is 15.0. The number of hydrogen-bond donors (Lipinski definition) is 1. The monoisotopic (exact) mass is 395 g/mol. The van der Waals surface area contributed by atoms with Gasteiger partial charge in [-0.05, 0) is 0 Å². The molecule has 0 unspecified atom stereocenters. The van der Waals surface area contributed by atoms with Crippen molar-refractivity contribution in [2.75, 3.05) is 0 Å². The van der Waals surface area contributed by atoms with Crippen LogP contribution in [0.3, 0.4) is 0 Å². The number of thiazole rings is 3. The molecule has 0 atom stereocenters. The molecule has 0 amide bonds. The average Bonchev–Trinajstić information content (AvgIpc) is 3.07. The molecule has 10 heteroatoms. The van der Waals surface area contributed by atoms with Crippen LogP contribution >= 0.6 is 46.6 Å². The van der Waals surface area contributed by atoms with E-state index in [0.717, 1.165) is 4.34 Å². The van der Waals surface area contributed by atoms with E-state index in [9.17, 15) is 0 Å². The normalized spacial score (nSPS) is 7.00. The Bertz CT molecular complexity index is 359. The Kier molecular flexibility index (Phi) is 23.0. The smallest absolute Gasteiger partial charge is 0.292 e.